The zero-order chi connectivity index (χ0) is 31.1. The Bertz CT molecular complexity index is 814. The van der Waals surface area contributed by atoms with Crippen LogP contribution in [-0.2, 0) is 28.7 Å². The Kier molecular flexibility index (Phi) is 16.7. The predicted molar refractivity (Wildman–Crippen MR) is 129 cm³/mol. The second-order valence-corrected chi connectivity index (χ2v) is 8.97. The molecular formula is C23H38F6N4O7. The summed E-state index contributed by atoms with van der Waals surface area (Å²) in [5, 5.41) is 9.94. The van der Waals surface area contributed by atoms with Crippen molar-refractivity contribution in [2.24, 2.45) is 0 Å². The first-order valence-electron chi connectivity index (χ1n) is 12.4. The van der Waals surface area contributed by atoms with E-state index in [0.29, 0.717) is 9.80 Å². The number of hydrogen-bond donors (Lipinski definition) is 1. The molecule has 0 heterocycles. The fourth-order valence-electron chi connectivity index (χ4n) is 3.23. The molecule has 0 bridgehead atoms. The normalized spacial score (nSPS) is 12.6. The Hall–Kier alpha value is -2.66. The third-order valence-electron chi connectivity index (χ3n) is 5.58. The molecule has 0 aliphatic heterocycles. The predicted octanol–water partition coefficient (Wildman–Crippen LogP) is 0.899. The Labute approximate surface area is 228 Å². The molecule has 234 valence electrons. The van der Waals surface area contributed by atoms with Crippen molar-refractivity contribution in [1.29, 1.82) is 0 Å². The maximum Gasteiger partial charge on any atom is 0.471 e. The molecule has 0 aromatic heterocycles. The lowest BCUT2D eigenvalue weighted by Crippen LogP contribution is -2.44. The number of hydrogen-bond acceptors (Lipinski definition) is 7. The third kappa shape index (κ3) is 15.8. The highest BCUT2D eigenvalue weighted by atomic mass is 19.4. The van der Waals surface area contributed by atoms with Crippen LogP contribution < -0.4 is 0 Å². The van der Waals surface area contributed by atoms with Crippen LogP contribution in [0.1, 0.15) is 26.7 Å². The van der Waals surface area contributed by atoms with Crippen molar-refractivity contribution in [3.63, 3.8) is 0 Å². The van der Waals surface area contributed by atoms with E-state index < -0.39 is 36.8 Å². The number of halogens is 6. The van der Waals surface area contributed by atoms with Crippen molar-refractivity contribution >= 4 is 23.6 Å². The summed E-state index contributed by atoms with van der Waals surface area (Å²) in [5.41, 5.74) is 0. The van der Waals surface area contributed by atoms with Gasteiger partial charge >= 0.3 is 24.2 Å². The van der Waals surface area contributed by atoms with E-state index >= 15 is 0 Å². The second-order valence-electron chi connectivity index (χ2n) is 8.97. The number of aliphatic hydroxyl groups is 1. The lowest BCUT2D eigenvalue weighted by atomic mass is 10.3. The van der Waals surface area contributed by atoms with Crippen LogP contribution >= 0.6 is 0 Å². The van der Waals surface area contributed by atoms with Gasteiger partial charge in [0.25, 0.3) is 0 Å². The minimum absolute atomic E-state index is 0.0312. The molecule has 0 aromatic rings. The van der Waals surface area contributed by atoms with Crippen LogP contribution in [0.15, 0.2) is 0 Å². The molecule has 0 aromatic carbocycles. The van der Waals surface area contributed by atoms with Gasteiger partial charge in [0.1, 0.15) is 6.10 Å². The second kappa shape index (κ2) is 17.9. The Morgan fingerprint density at radius 2 is 1.07 bits per heavy atom. The maximum absolute atomic E-state index is 12.9. The summed E-state index contributed by atoms with van der Waals surface area (Å²) in [6.45, 7) is 1.09. The monoisotopic (exact) mass is 596 g/mol. The first kappa shape index (κ1) is 37.3. The number of nitrogens with zero attached hydrogens (tertiary/aromatic N) is 4. The standard InChI is InChI=1S/C23H38F6N4O7/c1-17(34)30(3)7-5-10-33(21(38)23(27,28)29)12-14-40-16-19(36)15-39-13-11-32(18(2)35)9-6-8-31(4)20(37)22(24,25)26/h19,36H,5-16H2,1-4H3. The van der Waals surface area contributed by atoms with Gasteiger partial charge in [0.05, 0.1) is 26.4 Å². The number of amides is 4. The van der Waals surface area contributed by atoms with E-state index in [4.69, 9.17) is 9.47 Å². The molecule has 0 radical (unpaired) electrons. The molecule has 0 fully saturated rings. The summed E-state index contributed by atoms with van der Waals surface area (Å²) in [5.74, 6) is -4.67. The van der Waals surface area contributed by atoms with Crippen LogP contribution in [0, 0.1) is 0 Å². The SMILES string of the molecule is CC(=O)N(C)CCCN(CCOCC(O)COCCN(CCCN(C)C(=O)C(F)(F)F)C(C)=O)C(=O)C(F)(F)F. The highest BCUT2D eigenvalue weighted by molar-refractivity contribution is 5.82. The molecule has 0 aliphatic rings. The minimum atomic E-state index is -5.08. The number of carbonyl (C=O) groups is 4. The fraction of sp³-hybridized carbons (Fsp3) is 0.826. The van der Waals surface area contributed by atoms with Crippen molar-refractivity contribution in [2.75, 3.05) is 79.8 Å². The van der Waals surface area contributed by atoms with E-state index in [0.717, 1.165) is 7.05 Å². The van der Waals surface area contributed by atoms with Crippen molar-refractivity contribution in [2.45, 2.75) is 45.1 Å². The lowest BCUT2D eigenvalue weighted by molar-refractivity contribution is -0.186. The van der Waals surface area contributed by atoms with E-state index in [1.54, 1.807) is 0 Å². The van der Waals surface area contributed by atoms with Crippen LogP contribution in [0.2, 0.25) is 0 Å². The summed E-state index contributed by atoms with van der Waals surface area (Å²) < 4.78 is 86.3. The van der Waals surface area contributed by atoms with Gasteiger partial charge in [0.2, 0.25) is 11.8 Å². The Morgan fingerprint density at radius 3 is 1.50 bits per heavy atom. The molecular weight excluding hydrogens is 558 g/mol. The average molecular weight is 597 g/mol. The van der Waals surface area contributed by atoms with Gasteiger partial charge in [0, 0.05) is 67.2 Å². The average Bonchev–Trinajstić information content (AvgIpc) is 2.84. The Morgan fingerprint density at radius 1 is 0.650 bits per heavy atom. The minimum Gasteiger partial charge on any atom is -0.388 e. The smallest absolute Gasteiger partial charge is 0.388 e. The molecule has 4 amide bonds. The van der Waals surface area contributed by atoms with Gasteiger partial charge in [-0.05, 0) is 12.8 Å². The van der Waals surface area contributed by atoms with Crippen LogP contribution in [0.3, 0.4) is 0 Å². The largest absolute Gasteiger partial charge is 0.471 e. The summed E-state index contributed by atoms with van der Waals surface area (Å²) in [4.78, 5) is 49.4. The molecule has 1 unspecified atom stereocenters. The molecule has 0 rings (SSSR count). The highest BCUT2D eigenvalue weighted by Crippen LogP contribution is 2.19. The fourth-order valence-corrected chi connectivity index (χ4v) is 3.23. The first-order valence-corrected chi connectivity index (χ1v) is 12.4. The van der Waals surface area contributed by atoms with E-state index in [-0.39, 0.29) is 83.8 Å². The summed E-state index contributed by atoms with van der Waals surface area (Å²) >= 11 is 0. The molecule has 11 nitrogen and oxygen atoms in total. The highest BCUT2D eigenvalue weighted by Gasteiger charge is 2.42. The summed E-state index contributed by atoms with van der Waals surface area (Å²) in [7, 11) is 2.48. The number of aliphatic hydroxyl groups excluding tert-OH is 1. The Balaban J connectivity index is 4.39. The molecule has 0 spiro atoms. The molecule has 0 saturated carbocycles. The number of carbonyl (C=O) groups excluding carboxylic acids is 4. The number of ether oxygens (including phenoxy) is 2. The van der Waals surface area contributed by atoms with Crippen molar-refractivity contribution in [3.05, 3.63) is 0 Å². The molecule has 1 atom stereocenters. The van der Waals surface area contributed by atoms with Gasteiger partial charge in [-0.1, -0.05) is 0 Å². The first-order chi connectivity index (χ1) is 18.4. The number of alkyl halides is 6. The van der Waals surface area contributed by atoms with Gasteiger partial charge in [0.15, 0.2) is 0 Å². The molecule has 0 saturated heterocycles. The topological polar surface area (TPSA) is 120 Å². The number of rotatable bonds is 18. The zero-order valence-electron chi connectivity index (χ0n) is 23.0. The maximum atomic E-state index is 12.9. The van der Waals surface area contributed by atoms with Gasteiger partial charge in [-0.15, -0.1) is 0 Å². The van der Waals surface area contributed by atoms with Crippen LogP contribution in [0.4, 0.5) is 26.3 Å². The molecule has 1 N–H and O–H groups in total. The van der Waals surface area contributed by atoms with Gasteiger partial charge in [-0.25, -0.2) is 0 Å². The lowest BCUT2D eigenvalue weighted by Gasteiger charge is -2.25. The molecule has 40 heavy (non-hydrogen) atoms. The molecule has 17 heteroatoms. The third-order valence-corrected chi connectivity index (χ3v) is 5.58. The van der Waals surface area contributed by atoms with E-state index in [1.807, 2.05) is 0 Å². The van der Waals surface area contributed by atoms with Gasteiger partial charge in [-0.2, -0.15) is 26.3 Å². The van der Waals surface area contributed by atoms with Crippen molar-refractivity contribution in [3.8, 4) is 0 Å². The van der Waals surface area contributed by atoms with Crippen molar-refractivity contribution < 1.29 is 60.1 Å². The van der Waals surface area contributed by atoms with Crippen molar-refractivity contribution in [1.82, 2.24) is 19.6 Å². The van der Waals surface area contributed by atoms with E-state index in [2.05, 4.69) is 0 Å². The van der Waals surface area contributed by atoms with Gasteiger partial charge in [-0.3, -0.25) is 19.2 Å². The van der Waals surface area contributed by atoms with Crippen LogP contribution in [0.25, 0.3) is 0 Å². The summed E-state index contributed by atoms with van der Waals surface area (Å²) in [6.07, 6.45) is -11.0. The zero-order valence-corrected chi connectivity index (χ0v) is 23.0. The van der Waals surface area contributed by atoms with Crippen LogP contribution in [0.5, 0.6) is 0 Å². The van der Waals surface area contributed by atoms with Gasteiger partial charge < -0.3 is 34.2 Å². The summed E-state index contributed by atoms with van der Waals surface area (Å²) in [6, 6.07) is 0. The quantitative estimate of drug-likeness (QED) is 0.185. The van der Waals surface area contributed by atoms with E-state index in [1.165, 1.54) is 30.7 Å². The molecule has 0 aliphatic carbocycles. The van der Waals surface area contributed by atoms with Crippen LogP contribution in [-0.4, -0.2) is 147 Å². The van der Waals surface area contributed by atoms with E-state index in [9.17, 15) is 50.6 Å².